The van der Waals surface area contributed by atoms with Gasteiger partial charge in [0, 0.05) is 17.1 Å². The maximum Gasteiger partial charge on any atom is 0.340 e. The van der Waals surface area contributed by atoms with Crippen LogP contribution in [-0.4, -0.2) is 27.9 Å². The molecule has 28 heavy (non-hydrogen) atoms. The normalized spacial score (nSPS) is 11.1. The number of phenolic OH excluding ortho intramolecular Hbond substituents is 1. The Morgan fingerprint density at radius 3 is 2.50 bits per heavy atom. The summed E-state index contributed by atoms with van der Waals surface area (Å²) in [6.45, 7) is 3.93. The van der Waals surface area contributed by atoms with Crippen LogP contribution in [0.3, 0.4) is 0 Å². The Morgan fingerprint density at radius 1 is 1.04 bits per heavy atom. The first-order chi connectivity index (χ1) is 13.5. The van der Waals surface area contributed by atoms with Crippen LogP contribution < -0.4 is 0 Å². The van der Waals surface area contributed by atoms with Gasteiger partial charge in [-0.1, -0.05) is 30.3 Å². The van der Waals surface area contributed by atoms with Crippen LogP contribution >= 0.6 is 0 Å². The van der Waals surface area contributed by atoms with Gasteiger partial charge in [-0.15, -0.1) is 0 Å². The van der Waals surface area contributed by atoms with E-state index in [1.807, 2.05) is 35.6 Å². The summed E-state index contributed by atoms with van der Waals surface area (Å²) in [5, 5.41) is 11.1. The van der Waals surface area contributed by atoms with Crippen molar-refractivity contribution >= 4 is 28.2 Å². The SMILES string of the molecule is CCOC(=O)c1cc(C(=O)c2ccccc2O)cn2c1c(C)c1ccccc12. The number of aromatic hydroxyl groups is 1. The number of carbonyl (C=O) groups excluding carboxylic acids is 2. The van der Waals surface area contributed by atoms with E-state index in [4.69, 9.17) is 4.74 Å². The van der Waals surface area contributed by atoms with Gasteiger partial charge in [0.2, 0.25) is 0 Å². The molecule has 0 unspecified atom stereocenters. The van der Waals surface area contributed by atoms with Gasteiger partial charge >= 0.3 is 5.97 Å². The lowest BCUT2D eigenvalue weighted by Gasteiger charge is -2.10. The first kappa shape index (κ1) is 17.8. The number of ether oxygens (including phenoxy) is 1. The Hall–Kier alpha value is -3.60. The van der Waals surface area contributed by atoms with Crippen molar-refractivity contribution in [2.45, 2.75) is 13.8 Å². The van der Waals surface area contributed by atoms with Crippen molar-refractivity contribution in [1.82, 2.24) is 4.40 Å². The maximum absolute atomic E-state index is 13.1. The highest BCUT2D eigenvalue weighted by Gasteiger charge is 2.22. The second-order valence-corrected chi connectivity index (χ2v) is 6.57. The largest absolute Gasteiger partial charge is 0.507 e. The molecular weight excluding hydrogens is 354 g/mol. The Morgan fingerprint density at radius 2 is 1.75 bits per heavy atom. The number of carbonyl (C=O) groups is 2. The summed E-state index contributed by atoms with van der Waals surface area (Å²) in [6, 6.07) is 15.7. The Labute approximate surface area is 161 Å². The standard InChI is InChI=1S/C23H19NO4/c1-3-28-23(27)18-12-15(22(26)17-9-5-7-11-20(17)25)13-24-19-10-6-4-8-16(19)14(2)21(18)24/h4-13,25H,3H2,1-2H3. The number of fused-ring (bicyclic) bond motifs is 3. The number of benzene rings is 2. The summed E-state index contributed by atoms with van der Waals surface area (Å²) in [7, 11) is 0. The lowest BCUT2D eigenvalue weighted by molar-refractivity contribution is 0.0528. The van der Waals surface area contributed by atoms with E-state index in [-0.39, 0.29) is 23.7 Å². The molecule has 0 atom stereocenters. The van der Waals surface area contributed by atoms with Gasteiger partial charge in [0.15, 0.2) is 5.78 Å². The lowest BCUT2D eigenvalue weighted by Crippen LogP contribution is -2.11. The molecule has 0 amide bonds. The van der Waals surface area contributed by atoms with Crippen molar-refractivity contribution < 1.29 is 19.4 Å². The molecule has 0 saturated heterocycles. The van der Waals surface area contributed by atoms with E-state index in [0.717, 1.165) is 16.5 Å². The van der Waals surface area contributed by atoms with Crippen LogP contribution in [0.25, 0.3) is 16.4 Å². The van der Waals surface area contributed by atoms with Gasteiger partial charge in [0.25, 0.3) is 0 Å². The minimum atomic E-state index is -0.481. The van der Waals surface area contributed by atoms with Crippen LogP contribution in [-0.2, 0) is 4.74 Å². The van der Waals surface area contributed by atoms with Crippen molar-refractivity contribution in [3.63, 3.8) is 0 Å². The number of aryl methyl sites for hydroxylation is 1. The van der Waals surface area contributed by atoms with Crippen molar-refractivity contribution in [2.75, 3.05) is 6.61 Å². The first-order valence-electron chi connectivity index (χ1n) is 9.06. The number of esters is 1. The number of aromatic nitrogens is 1. The van der Waals surface area contributed by atoms with Crippen LogP contribution in [0.1, 0.15) is 38.8 Å². The van der Waals surface area contributed by atoms with Crippen molar-refractivity contribution in [3.05, 3.63) is 83.0 Å². The molecule has 5 nitrogen and oxygen atoms in total. The minimum absolute atomic E-state index is 0.0983. The van der Waals surface area contributed by atoms with Crippen LogP contribution in [0.15, 0.2) is 60.8 Å². The van der Waals surface area contributed by atoms with Crippen molar-refractivity contribution in [1.29, 1.82) is 0 Å². The van der Waals surface area contributed by atoms with E-state index in [2.05, 4.69) is 0 Å². The fourth-order valence-corrected chi connectivity index (χ4v) is 3.61. The molecule has 2 aromatic heterocycles. The number of nitrogens with zero attached hydrogens (tertiary/aromatic N) is 1. The highest BCUT2D eigenvalue weighted by molar-refractivity contribution is 6.13. The third kappa shape index (κ3) is 2.72. The Bertz CT molecular complexity index is 1240. The Kier molecular flexibility index (Phi) is 4.35. The molecule has 1 N–H and O–H groups in total. The molecule has 0 aliphatic heterocycles. The van der Waals surface area contributed by atoms with Gasteiger partial charge in [0.05, 0.1) is 28.8 Å². The summed E-state index contributed by atoms with van der Waals surface area (Å²) < 4.78 is 7.09. The molecule has 2 aromatic carbocycles. The molecule has 4 aromatic rings. The maximum atomic E-state index is 13.1. The zero-order valence-corrected chi connectivity index (χ0v) is 15.6. The summed E-state index contributed by atoms with van der Waals surface area (Å²) in [4.78, 5) is 25.7. The number of pyridine rings is 1. The average molecular weight is 373 g/mol. The summed E-state index contributed by atoms with van der Waals surface area (Å²) in [6.07, 6.45) is 1.71. The zero-order valence-electron chi connectivity index (χ0n) is 15.6. The summed E-state index contributed by atoms with van der Waals surface area (Å²) >= 11 is 0. The number of para-hydroxylation sites is 2. The van der Waals surface area contributed by atoms with Gasteiger partial charge in [-0.3, -0.25) is 4.79 Å². The third-order valence-electron chi connectivity index (χ3n) is 4.89. The Balaban J connectivity index is 2.03. The molecular formula is C23H19NO4. The molecule has 0 fully saturated rings. The second kappa shape index (κ2) is 6.85. The first-order valence-corrected chi connectivity index (χ1v) is 9.06. The highest BCUT2D eigenvalue weighted by atomic mass is 16.5. The van der Waals surface area contributed by atoms with Crippen molar-refractivity contribution in [3.8, 4) is 5.75 Å². The molecule has 0 radical (unpaired) electrons. The molecule has 0 aliphatic carbocycles. The minimum Gasteiger partial charge on any atom is -0.507 e. The molecule has 0 bridgehead atoms. The van der Waals surface area contributed by atoms with Gasteiger partial charge in [-0.2, -0.15) is 0 Å². The van der Waals surface area contributed by atoms with E-state index >= 15 is 0 Å². The van der Waals surface area contributed by atoms with Crippen LogP contribution in [0, 0.1) is 6.92 Å². The lowest BCUT2D eigenvalue weighted by atomic mass is 10.0. The van der Waals surface area contributed by atoms with Crippen LogP contribution in [0.5, 0.6) is 5.75 Å². The molecule has 5 heteroatoms. The summed E-state index contributed by atoms with van der Waals surface area (Å²) in [5.74, 6) is -0.940. The van der Waals surface area contributed by atoms with E-state index in [1.54, 1.807) is 37.4 Å². The topological polar surface area (TPSA) is 68.0 Å². The molecule has 0 saturated carbocycles. The molecule has 4 rings (SSSR count). The number of hydrogen-bond donors (Lipinski definition) is 1. The predicted octanol–water partition coefficient (Wildman–Crippen LogP) is 4.51. The molecule has 0 spiro atoms. The zero-order chi connectivity index (χ0) is 19.8. The second-order valence-electron chi connectivity index (χ2n) is 6.57. The van der Waals surface area contributed by atoms with Crippen LogP contribution in [0.2, 0.25) is 0 Å². The summed E-state index contributed by atoms with van der Waals surface area (Å²) in [5.41, 5.74) is 3.38. The molecule has 140 valence electrons. The number of ketones is 1. The van der Waals surface area contributed by atoms with Crippen LogP contribution in [0.4, 0.5) is 0 Å². The van der Waals surface area contributed by atoms with E-state index in [0.29, 0.717) is 16.6 Å². The molecule has 2 heterocycles. The van der Waals surface area contributed by atoms with E-state index in [1.165, 1.54) is 6.07 Å². The third-order valence-corrected chi connectivity index (χ3v) is 4.89. The highest BCUT2D eigenvalue weighted by Crippen LogP contribution is 2.31. The van der Waals surface area contributed by atoms with Crippen molar-refractivity contribution in [2.24, 2.45) is 0 Å². The predicted molar refractivity (Wildman–Crippen MR) is 107 cm³/mol. The van der Waals surface area contributed by atoms with Gasteiger partial charge in [-0.25, -0.2) is 4.79 Å². The molecule has 0 aliphatic rings. The van der Waals surface area contributed by atoms with E-state index < -0.39 is 5.97 Å². The number of rotatable bonds is 4. The number of phenols is 1. The van der Waals surface area contributed by atoms with E-state index in [9.17, 15) is 14.7 Å². The quantitative estimate of drug-likeness (QED) is 0.422. The van der Waals surface area contributed by atoms with Gasteiger partial charge in [0.1, 0.15) is 5.75 Å². The fourth-order valence-electron chi connectivity index (χ4n) is 3.61. The average Bonchev–Trinajstić information content (AvgIpc) is 3.00. The van der Waals surface area contributed by atoms with Gasteiger partial charge in [-0.05, 0) is 43.7 Å². The number of hydrogen-bond acceptors (Lipinski definition) is 4. The monoisotopic (exact) mass is 373 g/mol. The fraction of sp³-hybridized carbons (Fsp3) is 0.130. The van der Waals surface area contributed by atoms with Gasteiger partial charge < -0.3 is 14.2 Å². The smallest absolute Gasteiger partial charge is 0.340 e.